The van der Waals surface area contributed by atoms with E-state index in [1.807, 2.05) is 50.2 Å². The van der Waals surface area contributed by atoms with E-state index < -0.39 is 0 Å². The van der Waals surface area contributed by atoms with Crippen molar-refractivity contribution in [1.29, 1.82) is 0 Å². The minimum Gasteiger partial charge on any atom is -0.494 e. The van der Waals surface area contributed by atoms with Crippen molar-refractivity contribution in [1.82, 2.24) is 0 Å². The molecule has 0 atom stereocenters. The molecule has 0 aliphatic heterocycles. The number of anilines is 1. The Balaban J connectivity index is 1.69. The van der Waals surface area contributed by atoms with Gasteiger partial charge < -0.3 is 15.2 Å². The van der Waals surface area contributed by atoms with Gasteiger partial charge in [-0.2, -0.15) is 0 Å². The number of hydrogen-bond donors (Lipinski definition) is 1. The highest BCUT2D eigenvalue weighted by molar-refractivity contribution is 6.32. The SMILES string of the molecule is Cc1cc(OCCCCOc2ccccc2N)cc(C)c1Cl. The number of halogens is 1. The smallest absolute Gasteiger partial charge is 0.142 e. The summed E-state index contributed by atoms with van der Waals surface area (Å²) in [6.07, 6.45) is 1.84. The van der Waals surface area contributed by atoms with Gasteiger partial charge in [0.05, 0.1) is 18.9 Å². The van der Waals surface area contributed by atoms with E-state index in [1.54, 1.807) is 0 Å². The van der Waals surface area contributed by atoms with Crippen LogP contribution < -0.4 is 15.2 Å². The number of aryl methyl sites for hydroxylation is 2. The van der Waals surface area contributed by atoms with Crippen molar-refractivity contribution < 1.29 is 9.47 Å². The monoisotopic (exact) mass is 319 g/mol. The maximum atomic E-state index is 6.14. The van der Waals surface area contributed by atoms with E-state index in [9.17, 15) is 0 Å². The lowest BCUT2D eigenvalue weighted by molar-refractivity contribution is 0.267. The first-order valence-electron chi connectivity index (χ1n) is 7.45. The molecule has 4 heteroatoms. The number of para-hydroxylation sites is 2. The van der Waals surface area contributed by atoms with E-state index >= 15 is 0 Å². The lowest BCUT2D eigenvalue weighted by atomic mass is 10.1. The average Bonchev–Trinajstić information content (AvgIpc) is 2.50. The Morgan fingerprint density at radius 3 is 2.18 bits per heavy atom. The van der Waals surface area contributed by atoms with E-state index in [4.69, 9.17) is 26.8 Å². The summed E-state index contributed by atoms with van der Waals surface area (Å²) in [6, 6.07) is 11.5. The zero-order valence-corrected chi connectivity index (χ0v) is 13.8. The number of nitrogen functional groups attached to an aromatic ring is 1. The van der Waals surface area contributed by atoms with Gasteiger partial charge in [-0.15, -0.1) is 0 Å². The first-order chi connectivity index (χ1) is 10.6. The summed E-state index contributed by atoms with van der Waals surface area (Å²) in [5.41, 5.74) is 8.57. The predicted octanol–water partition coefficient (Wildman–Crippen LogP) is 4.78. The minimum absolute atomic E-state index is 0.635. The molecule has 2 aromatic carbocycles. The summed E-state index contributed by atoms with van der Waals surface area (Å²) in [5.74, 6) is 1.61. The van der Waals surface area contributed by atoms with Gasteiger partial charge in [0, 0.05) is 5.02 Å². The third kappa shape index (κ3) is 4.57. The second-order valence-corrected chi connectivity index (χ2v) is 5.69. The fourth-order valence-electron chi connectivity index (χ4n) is 2.18. The molecule has 0 saturated carbocycles. The summed E-state index contributed by atoms with van der Waals surface area (Å²) >= 11 is 6.14. The van der Waals surface area contributed by atoms with Crippen molar-refractivity contribution in [2.75, 3.05) is 18.9 Å². The van der Waals surface area contributed by atoms with Crippen molar-refractivity contribution in [2.24, 2.45) is 0 Å². The van der Waals surface area contributed by atoms with Gasteiger partial charge in [-0.25, -0.2) is 0 Å². The number of hydrogen-bond acceptors (Lipinski definition) is 3. The standard InChI is InChI=1S/C18H22ClNO2/c1-13-11-15(12-14(2)18(13)19)21-9-5-6-10-22-17-8-4-3-7-16(17)20/h3-4,7-8,11-12H,5-6,9-10,20H2,1-2H3. The zero-order valence-electron chi connectivity index (χ0n) is 13.1. The van der Waals surface area contributed by atoms with Crippen LogP contribution in [0.4, 0.5) is 5.69 Å². The molecule has 2 aromatic rings. The Morgan fingerprint density at radius 2 is 1.55 bits per heavy atom. The third-order valence-electron chi connectivity index (χ3n) is 3.39. The fraction of sp³-hybridized carbons (Fsp3) is 0.333. The molecule has 0 unspecified atom stereocenters. The second-order valence-electron chi connectivity index (χ2n) is 5.31. The molecule has 2 N–H and O–H groups in total. The van der Waals surface area contributed by atoms with Crippen LogP contribution in [0.25, 0.3) is 0 Å². The highest BCUT2D eigenvalue weighted by Crippen LogP contribution is 2.26. The number of unbranched alkanes of at least 4 members (excludes halogenated alkanes) is 1. The molecule has 0 heterocycles. The Labute approximate surface area is 137 Å². The summed E-state index contributed by atoms with van der Waals surface area (Å²) in [5, 5.41) is 0.807. The fourth-order valence-corrected chi connectivity index (χ4v) is 2.29. The molecule has 0 aromatic heterocycles. The van der Waals surface area contributed by atoms with Crippen LogP contribution in [0, 0.1) is 13.8 Å². The Hall–Kier alpha value is -1.87. The Bertz CT molecular complexity index is 605. The summed E-state index contributed by atoms with van der Waals surface area (Å²) < 4.78 is 11.4. The molecule has 3 nitrogen and oxygen atoms in total. The van der Waals surface area contributed by atoms with Crippen LogP contribution in [0.1, 0.15) is 24.0 Å². The van der Waals surface area contributed by atoms with Crippen molar-refractivity contribution >= 4 is 17.3 Å². The number of ether oxygens (including phenoxy) is 2. The number of benzene rings is 2. The van der Waals surface area contributed by atoms with Crippen LogP contribution in [-0.4, -0.2) is 13.2 Å². The van der Waals surface area contributed by atoms with Gasteiger partial charge in [-0.05, 0) is 62.1 Å². The quantitative estimate of drug-likeness (QED) is 0.590. The van der Waals surface area contributed by atoms with Crippen LogP contribution >= 0.6 is 11.6 Å². The van der Waals surface area contributed by atoms with Crippen LogP contribution in [0.3, 0.4) is 0 Å². The van der Waals surface area contributed by atoms with E-state index in [0.717, 1.165) is 40.5 Å². The molecule has 2 rings (SSSR count). The average molecular weight is 320 g/mol. The Kier molecular flexibility index (Phi) is 5.96. The van der Waals surface area contributed by atoms with Gasteiger partial charge >= 0.3 is 0 Å². The molecule has 0 aliphatic rings. The van der Waals surface area contributed by atoms with E-state index in [1.165, 1.54) is 0 Å². The number of nitrogens with two attached hydrogens (primary N) is 1. The lowest BCUT2D eigenvalue weighted by Crippen LogP contribution is -2.04. The normalized spacial score (nSPS) is 10.5. The van der Waals surface area contributed by atoms with Crippen LogP contribution in [0.2, 0.25) is 5.02 Å². The molecule has 22 heavy (non-hydrogen) atoms. The summed E-state index contributed by atoms with van der Waals surface area (Å²) in [7, 11) is 0. The van der Waals surface area contributed by atoms with E-state index in [-0.39, 0.29) is 0 Å². The highest BCUT2D eigenvalue weighted by Gasteiger charge is 2.03. The van der Waals surface area contributed by atoms with Crippen molar-refractivity contribution in [3.8, 4) is 11.5 Å². The summed E-state index contributed by atoms with van der Waals surface area (Å²) in [6.45, 7) is 5.27. The predicted molar refractivity (Wildman–Crippen MR) is 92.0 cm³/mol. The highest BCUT2D eigenvalue weighted by atomic mass is 35.5. The number of rotatable bonds is 7. The molecule has 118 valence electrons. The van der Waals surface area contributed by atoms with Crippen molar-refractivity contribution in [3.63, 3.8) is 0 Å². The molecule has 0 spiro atoms. The molecule has 0 saturated heterocycles. The topological polar surface area (TPSA) is 44.5 Å². The molecule has 0 amide bonds. The van der Waals surface area contributed by atoms with Gasteiger partial charge in [0.2, 0.25) is 0 Å². The van der Waals surface area contributed by atoms with Gasteiger partial charge in [0.1, 0.15) is 11.5 Å². The Morgan fingerprint density at radius 1 is 0.955 bits per heavy atom. The van der Waals surface area contributed by atoms with E-state index in [0.29, 0.717) is 18.9 Å². The summed E-state index contributed by atoms with van der Waals surface area (Å²) in [4.78, 5) is 0. The first kappa shape index (κ1) is 16.5. The second kappa shape index (κ2) is 7.95. The molecular weight excluding hydrogens is 298 g/mol. The zero-order chi connectivity index (χ0) is 15.9. The van der Waals surface area contributed by atoms with Gasteiger partial charge in [0.25, 0.3) is 0 Å². The van der Waals surface area contributed by atoms with Gasteiger partial charge in [-0.1, -0.05) is 23.7 Å². The van der Waals surface area contributed by atoms with Crippen molar-refractivity contribution in [3.05, 3.63) is 52.5 Å². The lowest BCUT2D eigenvalue weighted by Gasteiger charge is -2.11. The molecule has 0 aliphatic carbocycles. The molecule has 0 fully saturated rings. The van der Waals surface area contributed by atoms with E-state index in [2.05, 4.69) is 0 Å². The maximum absolute atomic E-state index is 6.14. The van der Waals surface area contributed by atoms with Crippen molar-refractivity contribution in [2.45, 2.75) is 26.7 Å². The molecular formula is C18H22ClNO2. The van der Waals surface area contributed by atoms with Crippen LogP contribution in [0.5, 0.6) is 11.5 Å². The third-order valence-corrected chi connectivity index (χ3v) is 3.99. The minimum atomic E-state index is 0.635. The maximum Gasteiger partial charge on any atom is 0.142 e. The van der Waals surface area contributed by atoms with Crippen LogP contribution in [0.15, 0.2) is 36.4 Å². The van der Waals surface area contributed by atoms with Gasteiger partial charge in [0.15, 0.2) is 0 Å². The molecule has 0 bridgehead atoms. The van der Waals surface area contributed by atoms with Crippen LogP contribution in [-0.2, 0) is 0 Å². The first-order valence-corrected chi connectivity index (χ1v) is 7.82. The largest absolute Gasteiger partial charge is 0.494 e. The molecule has 0 radical (unpaired) electrons. The van der Waals surface area contributed by atoms with Gasteiger partial charge in [-0.3, -0.25) is 0 Å².